The Morgan fingerprint density at radius 3 is 2.81 bits per heavy atom. The average Bonchev–Trinajstić information content (AvgIpc) is 2.28. The fraction of sp³-hybridized carbons (Fsp3) is 0.600. The summed E-state index contributed by atoms with van der Waals surface area (Å²) < 4.78 is 0.746. The van der Waals surface area contributed by atoms with Crippen molar-refractivity contribution in [1.29, 1.82) is 0 Å². The van der Waals surface area contributed by atoms with Gasteiger partial charge in [-0.1, -0.05) is 11.6 Å². The van der Waals surface area contributed by atoms with Gasteiger partial charge in [0.1, 0.15) is 17.3 Å². The van der Waals surface area contributed by atoms with Crippen molar-refractivity contribution in [3.63, 3.8) is 0 Å². The van der Waals surface area contributed by atoms with E-state index >= 15 is 0 Å². The summed E-state index contributed by atoms with van der Waals surface area (Å²) in [4.78, 5) is 10.4. The molecule has 1 aliphatic heterocycles. The van der Waals surface area contributed by atoms with Gasteiger partial charge in [-0.15, -0.1) is 0 Å². The SMILES string of the molecule is CN1CCC(Nc2ncnc(Cl)c2Br)CC1. The quantitative estimate of drug-likeness (QED) is 0.852. The summed E-state index contributed by atoms with van der Waals surface area (Å²) >= 11 is 9.30. The Morgan fingerprint density at radius 2 is 2.12 bits per heavy atom. The summed E-state index contributed by atoms with van der Waals surface area (Å²) in [5.41, 5.74) is 0. The van der Waals surface area contributed by atoms with Crippen LogP contribution >= 0.6 is 27.5 Å². The molecule has 0 aliphatic carbocycles. The maximum atomic E-state index is 5.91. The van der Waals surface area contributed by atoms with Gasteiger partial charge in [0.2, 0.25) is 0 Å². The molecule has 0 aromatic carbocycles. The first kappa shape index (κ1) is 12.1. The van der Waals surface area contributed by atoms with E-state index in [1.54, 1.807) is 0 Å². The lowest BCUT2D eigenvalue weighted by atomic mass is 10.1. The highest BCUT2D eigenvalue weighted by molar-refractivity contribution is 9.10. The van der Waals surface area contributed by atoms with Crippen LogP contribution in [0.1, 0.15) is 12.8 Å². The second-order valence-electron chi connectivity index (χ2n) is 4.05. The largest absolute Gasteiger partial charge is 0.366 e. The molecule has 88 valence electrons. The molecule has 0 spiro atoms. The maximum Gasteiger partial charge on any atom is 0.148 e. The van der Waals surface area contributed by atoms with E-state index in [4.69, 9.17) is 11.6 Å². The minimum atomic E-state index is 0.449. The predicted molar refractivity (Wildman–Crippen MR) is 68.9 cm³/mol. The van der Waals surface area contributed by atoms with Gasteiger partial charge in [0.05, 0.1) is 4.47 Å². The summed E-state index contributed by atoms with van der Waals surface area (Å²) in [6, 6.07) is 0.471. The fourth-order valence-electron chi connectivity index (χ4n) is 1.80. The zero-order valence-corrected chi connectivity index (χ0v) is 11.4. The molecule has 0 saturated carbocycles. The summed E-state index contributed by atoms with van der Waals surface area (Å²) in [6.45, 7) is 2.24. The van der Waals surface area contributed by atoms with E-state index in [9.17, 15) is 0 Å². The number of hydrogen-bond donors (Lipinski definition) is 1. The van der Waals surface area contributed by atoms with Crippen LogP contribution in [0.15, 0.2) is 10.8 Å². The van der Waals surface area contributed by atoms with Crippen LogP contribution in [0.25, 0.3) is 0 Å². The summed E-state index contributed by atoms with van der Waals surface area (Å²) in [5, 5.41) is 3.85. The smallest absolute Gasteiger partial charge is 0.148 e. The molecule has 16 heavy (non-hydrogen) atoms. The van der Waals surface area contributed by atoms with Gasteiger partial charge >= 0.3 is 0 Å². The van der Waals surface area contributed by atoms with E-state index in [2.05, 4.69) is 43.2 Å². The number of piperidine rings is 1. The van der Waals surface area contributed by atoms with Crippen molar-refractivity contribution in [3.05, 3.63) is 16.0 Å². The van der Waals surface area contributed by atoms with E-state index in [1.807, 2.05) is 0 Å². The van der Waals surface area contributed by atoms with Gasteiger partial charge < -0.3 is 10.2 Å². The lowest BCUT2D eigenvalue weighted by Gasteiger charge is -2.29. The van der Waals surface area contributed by atoms with Crippen LogP contribution in [-0.2, 0) is 0 Å². The zero-order valence-electron chi connectivity index (χ0n) is 9.08. The molecule has 2 heterocycles. The van der Waals surface area contributed by atoms with Crippen LogP contribution < -0.4 is 5.32 Å². The molecule has 0 atom stereocenters. The molecule has 2 rings (SSSR count). The monoisotopic (exact) mass is 304 g/mol. The van der Waals surface area contributed by atoms with Crippen LogP contribution in [0.2, 0.25) is 5.15 Å². The highest BCUT2D eigenvalue weighted by atomic mass is 79.9. The van der Waals surface area contributed by atoms with Gasteiger partial charge in [-0.05, 0) is 48.9 Å². The Bertz CT molecular complexity index is 366. The molecule has 0 amide bonds. The number of halogens is 2. The van der Waals surface area contributed by atoms with Crippen molar-refractivity contribution < 1.29 is 0 Å². The van der Waals surface area contributed by atoms with Crippen LogP contribution in [0, 0.1) is 0 Å². The lowest BCUT2D eigenvalue weighted by Crippen LogP contribution is -2.36. The van der Waals surface area contributed by atoms with Gasteiger partial charge in [-0.3, -0.25) is 0 Å². The molecule has 1 aromatic heterocycles. The summed E-state index contributed by atoms with van der Waals surface area (Å²) in [6.07, 6.45) is 3.74. The Balaban J connectivity index is 2.01. The second-order valence-corrected chi connectivity index (χ2v) is 5.20. The Labute approximate surface area is 109 Å². The average molecular weight is 306 g/mol. The van der Waals surface area contributed by atoms with Crippen molar-refractivity contribution >= 4 is 33.3 Å². The third kappa shape index (κ3) is 2.84. The van der Waals surface area contributed by atoms with E-state index in [1.165, 1.54) is 6.33 Å². The molecule has 1 aromatic rings. The van der Waals surface area contributed by atoms with Crippen LogP contribution in [0.5, 0.6) is 0 Å². The van der Waals surface area contributed by atoms with Crippen molar-refractivity contribution in [2.75, 3.05) is 25.5 Å². The number of nitrogens with zero attached hydrogens (tertiary/aromatic N) is 3. The van der Waals surface area contributed by atoms with E-state index in [-0.39, 0.29) is 0 Å². The first-order valence-electron chi connectivity index (χ1n) is 5.28. The maximum absolute atomic E-state index is 5.91. The number of aromatic nitrogens is 2. The van der Waals surface area contributed by atoms with Gasteiger partial charge in [0, 0.05) is 6.04 Å². The van der Waals surface area contributed by atoms with Crippen molar-refractivity contribution in [2.24, 2.45) is 0 Å². The molecule has 6 heteroatoms. The van der Waals surface area contributed by atoms with E-state index in [0.717, 1.165) is 36.2 Å². The fourth-order valence-corrected chi connectivity index (χ4v) is 2.25. The molecule has 1 aliphatic rings. The lowest BCUT2D eigenvalue weighted by molar-refractivity contribution is 0.263. The third-order valence-electron chi connectivity index (χ3n) is 2.81. The Kier molecular flexibility index (Phi) is 4.00. The molecule has 0 unspecified atom stereocenters. The molecule has 1 fully saturated rings. The van der Waals surface area contributed by atoms with Gasteiger partial charge in [0.15, 0.2) is 0 Å². The third-order valence-corrected chi connectivity index (χ3v) is 4.07. The number of anilines is 1. The Morgan fingerprint density at radius 1 is 1.44 bits per heavy atom. The number of rotatable bonds is 2. The standard InChI is InChI=1S/C10H14BrClN4/c1-16-4-2-7(3-5-16)15-10-8(11)9(12)13-6-14-10/h6-7H,2-5H2,1H3,(H,13,14,15). The number of nitrogens with one attached hydrogen (secondary N) is 1. The highest BCUT2D eigenvalue weighted by Gasteiger charge is 2.18. The Hall–Kier alpha value is -0.390. The molecule has 1 N–H and O–H groups in total. The second kappa shape index (κ2) is 5.29. The van der Waals surface area contributed by atoms with Crippen LogP contribution in [0.4, 0.5) is 5.82 Å². The predicted octanol–water partition coefficient (Wildman–Crippen LogP) is 2.40. The van der Waals surface area contributed by atoms with Crippen LogP contribution in [0.3, 0.4) is 0 Å². The van der Waals surface area contributed by atoms with Gasteiger partial charge in [-0.2, -0.15) is 0 Å². The first-order valence-corrected chi connectivity index (χ1v) is 6.45. The molecule has 4 nitrogen and oxygen atoms in total. The van der Waals surface area contributed by atoms with E-state index in [0.29, 0.717) is 11.2 Å². The van der Waals surface area contributed by atoms with Crippen molar-refractivity contribution in [1.82, 2.24) is 14.9 Å². The minimum absolute atomic E-state index is 0.449. The summed E-state index contributed by atoms with van der Waals surface area (Å²) in [7, 11) is 2.15. The van der Waals surface area contributed by atoms with Gasteiger partial charge in [0.25, 0.3) is 0 Å². The minimum Gasteiger partial charge on any atom is -0.366 e. The molecule has 1 saturated heterocycles. The van der Waals surface area contributed by atoms with E-state index < -0.39 is 0 Å². The topological polar surface area (TPSA) is 41.0 Å². The highest BCUT2D eigenvalue weighted by Crippen LogP contribution is 2.27. The first-order chi connectivity index (χ1) is 7.66. The van der Waals surface area contributed by atoms with Crippen molar-refractivity contribution in [2.45, 2.75) is 18.9 Å². The zero-order chi connectivity index (χ0) is 11.5. The van der Waals surface area contributed by atoms with Crippen molar-refractivity contribution in [3.8, 4) is 0 Å². The number of hydrogen-bond acceptors (Lipinski definition) is 4. The molecular formula is C10H14BrClN4. The number of likely N-dealkylation sites (tertiary alicyclic amines) is 1. The van der Waals surface area contributed by atoms with Gasteiger partial charge in [-0.25, -0.2) is 9.97 Å². The summed E-state index contributed by atoms with van der Waals surface area (Å²) in [5.74, 6) is 0.787. The molecular weight excluding hydrogens is 291 g/mol. The normalized spacial score (nSPS) is 18.7. The molecule has 0 bridgehead atoms. The molecule has 0 radical (unpaired) electrons. The van der Waals surface area contributed by atoms with Crippen LogP contribution in [-0.4, -0.2) is 41.0 Å².